The second kappa shape index (κ2) is 5.99. The van der Waals surface area contributed by atoms with Gasteiger partial charge in [-0.05, 0) is 0 Å². The van der Waals surface area contributed by atoms with Crippen LogP contribution in [0.25, 0.3) is 0 Å². The number of rotatable bonds is 3. The van der Waals surface area contributed by atoms with Gasteiger partial charge in [-0.2, -0.15) is 0 Å². The zero-order valence-electron chi connectivity index (χ0n) is 13.3. The van der Waals surface area contributed by atoms with E-state index in [4.69, 9.17) is 0 Å². The molecule has 0 bridgehead atoms. The van der Waals surface area contributed by atoms with Crippen LogP contribution in [-0.2, 0) is 4.31 Å². The van der Waals surface area contributed by atoms with Crippen LogP contribution in [-0.4, -0.2) is 16.0 Å². The van der Waals surface area contributed by atoms with Gasteiger partial charge in [0.2, 0.25) is 0 Å². The minimum absolute atomic E-state index is 0.201. The summed E-state index contributed by atoms with van der Waals surface area (Å²) in [6.45, 7) is 11.3. The van der Waals surface area contributed by atoms with Gasteiger partial charge < -0.3 is 0 Å². The van der Waals surface area contributed by atoms with Crippen molar-refractivity contribution in [1.29, 1.82) is 5.26 Å². The first-order valence-corrected chi connectivity index (χ1v) is 8.62. The molecule has 0 aromatic heterocycles. The zero-order chi connectivity index (χ0) is 15.7. The van der Waals surface area contributed by atoms with Gasteiger partial charge >= 0.3 is 137 Å². The average molecular weight is 346 g/mol. The molecule has 1 aliphatic rings. The molecular formula is C19H25NSe. The summed E-state index contributed by atoms with van der Waals surface area (Å²) in [6.07, 6.45) is 3.15. The van der Waals surface area contributed by atoms with E-state index in [1.807, 2.05) is 18.2 Å². The molecule has 0 radical (unpaired) electrons. The Hall–Kier alpha value is -1.03. The standard InChI is InChI=1S/C19H25NSe/c1-14-10-11-15(2)18(3,4)17(14)12-19(21,13-20)16-8-6-5-7-9-16/h5-9,15,17,21H,1,10-12H2,2-4H3/t15-,17+,19?/m1/s1. The molecule has 0 saturated heterocycles. The topological polar surface area (TPSA) is 23.8 Å². The van der Waals surface area contributed by atoms with E-state index in [0.717, 1.165) is 18.4 Å². The predicted octanol–water partition coefficient (Wildman–Crippen LogP) is 4.32. The van der Waals surface area contributed by atoms with Crippen LogP contribution in [0.1, 0.15) is 45.6 Å². The van der Waals surface area contributed by atoms with Crippen LogP contribution in [0.5, 0.6) is 0 Å². The summed E-state index contributed by atoms with van der Waals surface area (Å²) < 4.78 is -0.504. The van der Waals surface area contributed by atoms with Gasteiger partial charge in [0.15, 0.2) is 0 Å². The van der Waals surface area contributed by atoms with Crippen molar-refractivity contribution >= 4 is 16.0 Å². The molecule has 0 heterocycles. The molecule has 0 N–H and O–H groups in total. The van der Waals surface area contributed by atoms with Gasteiger partial charge in [0.1, 0.15) is 0 Å². The molecule has 1 aliphatic carbocycles. The zero-order valence-corrected chi connectivity index (χ0v) is 15.1. The monoisotopic (exact) mass is 347 g/mol. The predicted molar refractivity (Wildman–Crippen MR) is 90.3 cm³/mol. The van der Waals surface area contributed by atoms with Gasteiger partial charge in [0, 0.05) is 0 Å². The fraction of sp³-hybridized carbons (Fsp3) is 0.526. The van der Waals surface area contributed by atoms with Crippen LogP contribution < -0.4 is 0 Å². The minimum atomic E-state index is -0.504. The average Bonchev–Trinajstić information content (AvgIpc) is 2.49. The van der Waals surface area contributed by atoms with E-state index in [0.29, 0.717) is 11.8 Å². The first kappa shape index (κ1) is 16.3. The van der Waals surface area contributed by atoms with Crippen LogP contribution >= 0.6 is 0 Å². The Morgan fingerprint density at radius 3 is 2.57 bits per heavy atom. The summed E-state index contributed by atoms with van der Waals surface area (Å²) >= 11 is 2.62. The Labute approximate surface area is 137 Å². The summed E-state index contributed by atoms with van der Waals surface area (Å²) in [7, 11) is 0. The van der Waals surface area contributed by atoms with Gasteiger partial charge in [-0.3, -0.25) is 0 Å². The third-order valence-electron chi connectivity index (χ3n) is 5.50. The summed E-state index contributed by atoms with van der Waals surface area (Å²) in [5, 5.41) is 9.80. The van der Waals surface area contributed by atoms with Crippen LogP contribution in [0.3, 0.4) is 0 Å². The summed E-state index contributed by atoms with van der Waals surface area (Å²) in [6, 6.07) is 12.7. The van der Waals surface area contributed by atoms with E-state index in [-0.39, 0.29) is 5.41 Å². The number of benzene rings is 1. The Kier molecular flexibility index (Phi) is 4.66. The van der Waals surface area contributed by atoms with Crippen molar-refractivity contribution in [3.63, 3.8) is 0 Å². The van der Waals surface area contributed by atoms with Crippen molar-refractivity contribution in [2.45, 2.75) is 44.3 Å². The van der Waals surface area contributed by atoms with Crippen molar-refractivity contribution in [3.8, 4) is 6.07 Å². The van der Waals surface area contributed by atoms with Crippen LogP contribution in [0, 0.1) is 28.6 Å². The number of nitrogens with zero attached hydrogens (tertiary/aromatic N) is 1. The SMILES string of the molecule is C=C1CC[C@@H](C)C(C)(C)[C@H]1CC([SeH])(C#N)c1ccccc1. The van der Waals surface area contributed by atoms with Crippen molar-refractivity contribution in [2.24, 2.45) is 17.3 Å². The Morgan fingerprint density at radius 1 is 1.38 bits per heavy atom. The third-order valence-corrected chi connectivity index (χ3v) is 6.63. The summed E-state index contributed by atoms with van der Waals surface area (Å²) in [4.78, 5) is 0. The Bertz CT molecular complexity index is 555. The van der Waals surface area contributed by atoms with Gasteiger partial charge in [0.25, 0.3) is 0 Å². The van der Waals surface area contributed by atoms with Gasteiger partial charge in [0.05, 0.1) is 0 Å². The molecule has 1 unspecified atom stereocenters. The number of nitriles is 1. The van der Waals surface area contributed by atoms with E-state index in [2.05, 4.69) is 61.6 Å². The molecule has 1 fully saturated rings. The molecule has 1 nitrogen and oxygen atoms in total. The molecule has 3 atom stereocenters. The summed E-state index contributed by atoms with van der Waals surface area (Å²) in [5.41, 5.74) is 2.61. The van der Waals surface area contributed by atoms with E-state index in [1.54, 1.807) is 0 Å². The maximum absolute atomic E-state index is 9.80. The van der Waals surface area contributed by atoms with Crippen LogP contribution in [0.4, 0.5) is 0 Å². The molecule has 21 heavy (non-hydrogen) atoms. The van der Waals surface area contributed by atoms with Crippen molar-refractivity contribution in [3.05, 3.63) is 48.0 Å². The molecule has 0 aliphatic heterocycles. The maximum atomic E-state index is 9.80. The Morgan fingerprint density at radius 2 is 2.00 bits per heavy atom. The van der Waals surface area contributed by atoms with Crippen LogP contribution in [0.2, 0.25) is 0 Å². The van der Waals surface area contributed by atoms with Gasteiger partial charge in [-0.1, -0.05) is 0 Å². The third kappa shape index (κ3) is 3.10. The number of hydrogen-bond acceptors (Lipinski definition) is 1. The van der Waals surface area contributed by atoms with Gasteiger partial charge in [-0.25, -0.2) is 0 Å². The number of hydrogen-bond donors (Lipinski definition) is 0. The number of allylic oxidation sites excluding steroid dienone is 1. The van der Waals surface area contributed by atoms with E-state index in [1.165, 1.54) is 12.0 Å². The molecule has 1 aromatic carbocycles. The first-order chi connectivity index (χ1) is 9.81. The van der Waals surface area contributed by atoms with Gasteiger partial charge in [-0.15, -0.1) is 0 Å². The fourth-order valence-electron chi connectivity index (χ4n) is 3.46. The van der Waals surface area contributed by atoms with E-state index in [9.17, 15) is 5.26 Å². The van der Waals surface area contributed by atoms with E-state index < -0.39 is 4.31 Å². The first-order valence-electron chi connectivity index (χ1n) is 7.68. The second-order valence-corrected chi connectivity index (χ2v) is 8.62. The van der Waals surface area contributed by atoms with Crippen molar-refractivity contribution < 1.29 is 0 Å². The quantitative estimate of drug-likeness (QED) is 0.590. The normalized spacial score (nSPS) is 27.7. The van der Waals surface area contributed by atoms with Crippen LogP contribution in [0.15, 0.2) is 42.5 Å². The second-order valence-electron chi connectivity index (χ2n) is 7.01. The molecule has 1 aromatic rings. The van der Waals surface area contributed by atoms with Crippen molar-refractivity contribution in [1.82, 2.24) is 0 Å². The summed E-state index contributed by atoms with van der Waals surface area (Å²) in [5.74, 6) is 1.06. The molecule has 1 saturated carbocycles. The molecule has 0 amide bonds. The van der Waals surface area contributed by atoms with E-state index >= 15 is 0 Å². The molecular weight excluding hydrogens is 321 g/mol. The molecule has 0 spiro atoms. The molecule has 112 valence electrons. The molecule has 2 rings (SSSR count). The molecule has 2 heteroatoms. The Balaban J connectivity index is 2.33. The fourth-order valence-corrected chi connectivity index (χ4v) is 4.16. The van der Waals surface area contributed by atoms with Crippen molar-refractivity contribution in [2.75, 3.05) is 0 Å².